The van der Waals surface area contributed by atoms with E-state index in [4.69, 9.17) is 4.74 Å². The zero-order valence-corrected chi connectivity index (χ0v) is 17.5. The summed E-state index contributed by atoms with van der Waals surface area (Å²) in [6.45, 7) is 9.28. The van der Waals surface area contributed by atoms with Gasteiger partial charge in [0.1, 0.15) is 12.4 Å². The predicted molar refractivity (Wildman–Crippen MR) is 115 cm³/mol. The lowest BCUT2D eigenvalue weighted by molar-refractivity contribution is -0.127. The van der Waals surface area contributed by atoms with Crippen LogP contribution in [0.5, 0.6) is 5.75 Å². The third kappa shape index (κ3) is 5.08. The monoisotopic (exact) mass is 395 g/mol. The second-order valence-corrected chi connectivity index (χ2v) is 8.46. The molecule has 0 fully saturated rings. The summed E-state index contributed by atoms with van der Waals surface area (Å²) in [4.78, 5) is 27.2. The van der Waals surface area contributed by atoms with Crippen molar-refractivity contribution in [2.24, 2.45) is 11.3 Å². The minimum atomic E-state index is -0.617. The number of rotatable bonds is 5. The number of carbonyl (C=O) groups excluding carboxylic acids is 2. The van der Waals surface area contributed by atoms with Crippen LogP contribution in [0.2, 0.25) is 0 Å². The van der Waals surface area contributed by atoms with Crippen molar-refractivity contribution in [3.63, 3.8) is 0 Å². The molecule has 0 atom stereocenters. The molecule has 0 spiro atoms. The Hall–Kier alpha value is -3.02. The smallest absolute Gasteiger partial charge is 0.319 e. The normalized spacial score (nSPS) is 15.3. The van der Waals surface area contributed by atoms with Gasteiger partial charge in [-0.2, -0.15) is 0 Å². The van der Waals surface area contributed by atoms with Gasteiger partial charge in [0, 0.05) is 18.8 Å². The average molecular weight is 396 g/mol. The summed E-state index contributed by atoms with van der Waals surface area (Å²) < 4.78 is 5.92. The molecule has 0 saturated carbocycles. The second-order valence-electron chi connectivity index (χ2n) is 8.46. The van der Waals surface area contributed by atoms with Gasteiger partial charge in [0.2, 0.25) is 5.91 Å². The maximum Gasteiger partial charge on any atom is 0.319 e. The minimum Gasteiger partial charge on any atom is -0.490 e. The summed E-state index contributed by atoms with van der Waals surface area (Å²) >= 11 is 0. The van der Waals surface area contributed by atoms with Gasteiger partial charge in [-0.05, 0) is 43.5 Å². The fourth-order valence-electron chi connectivity index (χ4n) is 3.22. The predicted octanol–water partition coefficient (Wildman–Crippen LogP) is 4.42. The number of nitrogens with zero attached hydrogens (tertiary/aromatic N) is 1. The highest BCUT2D eigenvalue weighted by atomic mass is 16.5. The van der Waals surface area contributed by atoms with Crippen molar-refractivity contribution in [2.45, 2.75) is 34.2 Å². The summed E-state index contributed by atoms with van der Waals surface area (Å²) in [7, 11) is 0. The molecule has 2 N–H and O–H groups in total. The number of ether oxygens (including phenoxy) is 1. The summed E-state index contributed by atoms with van der Waals surface area (Å²) in [5.41, 5.74) is 1.71. The summed E-state index contributed by atoms with van der Waals surface area (Å²) in [5, 5.41) is 5.69. The standard InChI is InChI=1S/C23H29N3O3/c1-16(2)14-26-19-12-18(10-11-20(19)29-15-23(3,4)21(26)27)25-22(28)24-13-17-8-6-5-7-9-17/h5-12,16H,13-15H2,1-4H3,(H2,24,25,28). The lowest BCUT2D eigenvalue weighted by Gasteiger charge is -2.29. The fourth-order valence-corrected chi connectivity index (χ4v) is 3.22. The van der Waals surface area contributed by atoms with E-state index in [2.05, 4.69) is 24.5 Å². The van der Waals surface area contributed by atoms with Crippen molar-refractivity contribution >= 4 is 23.3 Å². The van der Waals surface area contributed by atoms with Crippen molar-refractivity contribution in [3.8, 4) is 5.75 Å². The van der Waals surface area contributed by atoms with Crippen LogP contribution in [-0.4, -0.2) is 25.1 Å². The van der Waals surface area contributed by atoms with E-state index in [1.807, 2.05) is 50.2 Å². The highest BCUT2D eigenvalue weighted by Crippen LogP contribution is 2.38. The molecule has 6 nitrogen and oxygen atoms in total. The first kappa shape index (κ1) is 20.7. The first-order valence-corrected chi connectivity index (χ1v) is 9.94. The van der Waals surface area contributed by atoms with Crippen molar-refractivity contribution in [1.82, 2.24) is 5.32 Å². The molecule has 6 heteroatoms. The molecule has 2 aromatic rings. The largest absolute Gasteiger partial charge is 0.490 e. The van der Waals surface area contributed by atoms with Gasteiger partial charge in [-0.25, -0.2) is 4.79 Å². The molecule has 0 aliphatic carbocycles. The van der Waals surface area contributed by atoms with E-state index in [1.54, 1.807) is 17.0 Å². The van der Waals surface area contributed by atoms with Crippen molar-refractivity contribution in [2.75, 3.05) is 23.4 Å². The Bertz CT molecular complexity index is 878. The highest BCUT2D eigenvalue weighted by molar-refractivity contribution is 6.00. The number of carbonyl (C=O) groups is 2. The maximum atomic E-state index is 13.1. The summed E-state index contributed by atoms with van der Waals surface area (Å²) in [6, 6.07) is 14.8. The molecule has 3 rings (SSSR count). The van der Waals surface area contributed by atoms with Crippen LogP contribution in [0.25, 0.3) is 0 Å². The van der Waals surface area contributed by atoms with Crippen molar-refractivity contribution in [1.29, 1.82) is 0 Å². The number of hydrogen-bond donors (Lipinski definition) is 2. The molecule has 154 valence electrons. The van der Waals surface area contributed by atoms with Gasteiger partial charge in [0.15, 0.2) is 0 Å². The Morgan fingerprint density at radius 2 is 1.90 bits per heavy atom. The molecule has 3 amide bonds. The van der Waals surface area contributed by atoms with Gasteiger partial charge >= 0.3 is 6.03 Å². The quantitative estimate of drug-likeness (QED) is 0.787. The van der Waals surface area contributed by atoms with E-state index in [-0.39, 0.29) is 11.9 Å². The molecule has 1 aliphatic heterocycles. The number of anilines is 2. The molecule has 1 heterocycles. The van der Waals surface area contributed by atoms with Crippen LogP contribution in [0.1, 0.15) is 33.3 Å². The molecule has 2 aromatic carbocycles. The van der Waals surface area contributed by atoms with Gasteiger partial charge in [0.25, 0.3) is 0 Å². The number of nitrogens with one attached hydrogen (secondary N) is 2. The summed E-state index contributed by atoms with van der Waals surface area (Å²) in [6.07, 6.45) is 0. The third-order valence-electron chi connectivity index (χ3n) is 4.76. The number of hydrogen-bond acceptors (Lipinski definition) is 3. The van der Waals surface area contributed by atoms with Crippen LogP contribution in [0.4, 0.5) is 16.2 Å². The maximum absolute atomic E-state index is 13.1. The molecule has 0 radical (unpaired) electrons. The summed E-state index contributed by atoms with van der Waals surface area (Å²) in [5.74, 6) is 0.974. The lowest BCUT2D eigenvalue weighted by Crippen LogP contribution is -2.43. The lowest BCUT2D eigenvalue weighted by atomic mass is 9.92. The first-order chi connectivity index (χ1) is 13.8. The molecule has 0 aromatic heterocycles. The number of benzene rings is 2. The zero-order chi connectivity index (χ0) is 21.0. The Morgan fingerprint density at radius 3 is 2.59 bits per heavy atom. The Kier molecular flexibility index (Phi) is 6.11. The van der Waals surface area contributed by atoms with Crippen LogP contribution < -0.4 is 20.3 Å². The molecule has 1 aliphatic rings. The Balaban J connectivity index is 1.77. The molecule has 29 heavy (non-hydrogen) atoms. The van der Waals surface area contributed by atoms with E-state index >= 15 is 0 Å². The van der Waals surface area contributed by atoms with E-state index in [0.29, 0.717) is 42.7 Å². The van der Waals surface area contributed by atoms with E-state index in [9.17, 15) is 9.59 Å². The van der Waals surface area contributed by atoms with Gasteiger partial charge in [0.05, 0.1) is 11.1 Å². The molecular weight excluding hydrogens is 366 g/mol. The van der Waals surface area contributed by atoms with Crippen LogP contribution in [0, 0.1) is 11.3 Å². The molecule has 0 bridgehead atoms. The SMILES string of the molecule is CC(C)CN1C(=O)C(C)(C)COc2ccc(NC(=O)NCc3ccccc3)cc21. The van der Waals surface area contributed by atoms with E-state index < -0.39 is 5.41 Å². The Labute approximate surface area is 172 Å². The van der Waals surface area contributed by atoms with Crippen molar-refractivity contribution < 1.29 is 14.3 Å². The topological polar surface area (TPSA) is 70.7 Å². The molecule has 0 unspecified atom stereocenters. The second kappa shape index (κ2) is 8.55. The van der Waals surface area contributed by atoms with Gasteiger partial charge in [-0.1, -0.05) is 44.2 Å². The average Bonchev–Trinajstić information content (AvgIpc) is 2.77. The van der Waals surface area contributed by atoms with Crippen LogP contribution in [-0.2, 0) is 11.3 Å². The minimum absolute atomic E-state index is 0.0237. The number of urea groups is 1. The van der Waals surface area contributed by atoms with E-state index in [1.165, 1.54) is 0 Å². The van der Waals surface area contributed by atoms with Gasteiger partial charge < -0.3 is 20.3 Å². The third-order valence-corrected chi connectivity index (χ3v) is 4.76. The van der Waals surface area contributed by atoms with Crippen molar-refractivity contribution in [3.05, 3.63) is 54.1 Å². The van der Waals surface area contributed by atoms with Crippen LogP contribution in [0.3, 0.4) is 0 Å². The highest BCUT2D eigenvalue weighted by Gasteiger charge is 2.38. The molecule has 0 saturated heterocycles. The fraction of sp³-hybridized carbons (Fsp3) is 0.391. The zero-order valence-electron chi connectivity index (χ0n) is 17.5. The number of amides is 3. The van der Waals surface area contributed by atoms with E-state index in [0.717, 1.165) is 5.56 Å². The Morgan fingerprint density at radius 1 is 1.17 bits per heavy atom. The number of fused-ring (bicyclic) bond motifs is 1. The van der Waals surface area contributed by atoms with Crippen LogP contribution >= 0.6 is 0 Å². The van der Waals surface area contributed by atoms with Gasteiger partial charge in [-0.15, -0.1) is 0 Å². The molecular formula is C23H29N3O3. The van der Waals surface area contributed by atoms with Gasteiger partial charge in [-0.3, -0.25) is 4.79 Å². The van der Waals surface area contributed by atoms with Crippen LogP contribution in [0.15, 0.2) is 48.5 Å². The first-order valence-electron chi connectivity index (χ1n) is 9.94.